The fraction of sp³-hybridized carbons (Fsp3) is 0.643. The van der Waals surface area contributed by atoms with Crippen LogP contribution in [0.3, 0.4) is 0 Å². The third-order valence-corrected chi connectivity index (χ3v) is 4.52. The number of hydrogen-bond donors (Lipinski definition) is 3. The van der Waals surface area contributed by atoms with Crippen molar-refractivity contribution in [2.24, 2.45) is 0 Å². The van der Waals surface area contributed by atoms with Crippen LogP contribution in [0.25, 0.3) is 0 Å². The third kappa shape index (κ3) is 3.78. The Balaban J connectivity index is 2.86. The Labute approximate surface area is 118 Å². The number of carbonyl (C=O) groups excluding carboxylic acids is 1. The summed E-state index contributed by atoms with van der Waals surface area (Å²) in [6.07, 6.45) is 2.50. The number of hydrogen-bond acceptors (Lipinski definition) is 4. The predicted octanol–water partition coefficient (Wildman–Crippen LogP) is 1.87. The van der Waals surface area contributed by atoms with Crippen LogP contribution in [-0.2, 0) is 6.42 Å². The molecule has 0 aromatic carbocycles. The van der Waals surface area contributed by atoms with Crippen molar-refractivity contribution in [3.63, 3.8) is 0 Å². The van der Waals surface area contributed by atoms with E-state index in [1.807, 2.05) is 19.9 Å². The molecule has 0 bridgehead atoms. The average Bonchev–Trinajstić information content (AvgIpc) is 2.78. The molecule has 1 amide bonds. The highest BCUT2D eigenvalue weighted by atomic mass is 32.1. The Kier molecular flexibility index (Phi) is 5.97. The standard InChI is InChI=1S/C14H23NO3S/c1-4-6-11-7-12(19-10(11)3)13(18)15-14(5-2,8-16)9-17/h7,16-17H,4-6,8-9H2,1-3H3,(H,15,18). The van der Waals surface area contributed by atoms with Gasteiger partial charge in [0.2, 0.25) is 0 Å². The maximum Gasteiger partial charge on any atom is 0.261 e. The molecule has 1 heterocycles. The number of carbonyl (C=O) groups is 1. The summed E-state index contributed by atoms with van der Waals surface area (Å²) in [7, 11) is 0. The zero-order valence-corrected chi connectivity index (χ0v) is 12.6. The second-order valence-corrected chi connectivity index (χ2v) is 6.10. The topological polar surface area (TPSA) is 69.6 Å². The van der Waals surface area contributed by atoms with E-state index in [2.05, 4.69) is 12.2 Å². The number of rotatable bonds is 7. The first-order valence-corrected chi connectivity index (χ1v) is 7.47. The van der Waals surface area contributed by atoms with E-state index in [1.165, 1.54) is 16.9 Å². The van der Waals surface area contributed by atoms with E-state index in [0.29, 0.717) is 11.3 Å². The maximum absolute atomic E-state index is 12.2. The van der Waals surface area contributed by atoms with E-state index in [0.717, 1.165) is 17.7 Å². The van der Waals surface area contributed by atoms with Crippen LogP contribution in [0.1, 0.15) is 46.8 Å². The van der Waals surface area contributed by atoms with Crippen molar-refractivity contribution in [1.82, 2.24) is 5.32 Å². The molecule has 4 nitrogen and oxygen atoms in total. The second-order valence-electron chi connectivity index (χ2n) is 4.85. The first-order chi connectivity index (χ1) is 9.01. The Hall–Kier alpha value is -0.910. The van der Waals surface area contributed by atoms with Gasteiger partial charge in [-0.05, 0) is 31.4 Å². The first-order valence-electron chi connectivity index (χ1n) is 6.65. The van der Waals surface area contributed by atoms with Crippen LogP contribution in [0.5, 0.6) is 0 Å². The van der Waals surface area contributed by atoms with Crippen LogP contribution in [0.15, 0.2) is 6.07 Å². The molecule has 0 atom stereocenters. The summed E-state index contributed by atoms with van der Waals surface area (Å²) in [5.74, 6) is -0.222. The van der Waals surface area contributed by atoms with Crippen LogP contribution in [0.2, 0.25) is 0 Å². The molecule has 5 heteroatoms. The van der Waals surface area contributed by atoms with E-state index < -0.39 is 5.54 Å². The van der Waals surface area contributed by atoms with Gasteiger partial charge in [0.1, 0.15) is 0 Å². The molecule has 19 heavy (non-hydrogen) atoms. The molecule has 0 radical (unpaired) electrons. The largest absolute Gasteiger partial charge is 0.394 e. The number of thiophene rings is 1. The van der Waals surface area contributed by atoms with Gasteiger partial charge in [0.05, 0.1) is 23.6 Å². The molecular formula is C14H23NO3S. The summed E-state index contributed by atoms with van der Waals surface area (Å²) in [5.41, 5.74) is 0.271. The molecule has 0 spiro atoms. The van der Waals surface area contributed by atoms with E-state index in [9.17, 15) is 15.0 Å². The minimum Gasteiger partial charge on any atom is -0.394 e. The van der Waals surface area contributed by atoms with Gasteiger partial charge < -0.3 is 15.5 Å². The Bertz CT molecular complexity index is 416. The highest BCUT2D eigenvalue weighted by Crippen LogP contribution is 2.23. The summed E-state index contributed by atoms with van der Waals surface area (Å²) in [5, 5.41) is 21.4. The molecule has 0 saturated heterocycles. The number of aryl methyl sites for hydroxylation is 2. The summed E-state index contributed by atoms with van der Waals surface area (Å²) < 4.78 is 0. The number of amides is 1. The molecular weight excluding hydrogens is 262 g/mol. The second kappa shape index (κ2) is 7.03. The highest BCUT2D eigenvalue weighted by molar-refractivity contribution is 7.14. The smallest absolute Gasteiger partial charge is 0.261 e. The predicted molar refractivity (Wildman–Crippen MR) is 77.7 cm³/mol. The van der Waals surface area contributed by atoms with Gasteiger partial charge in [-0.3, -0.25) is 4.79 Å². The molecule has 1 rings (SSSR count). The lowest BCUT2D eigenvalue weighted by molar-refractivity contribution is 0.0656. The lowest BCUT2D eigenvalue weighted by Gasteiger charge is -2.29. The molecule has 0 aliphatic heterocycles. The van der Waals surface area contributed by atoms with Gasteiger partial charge in [0.15, 0.2) is 0 Å². The van der Waals surface area contributed by atoms with Gasteiger partial charge in [0.25, 0.3) is 5.91 Å². The summed E-state index contributed by atoms with van der Waals surface area (Å²) in [4.78, 5) is 14.0. The monoisotopic (exact) mass is 285 g/mol. The molecule has 108 valence electrons. The SMILES string of the molecule is CCCc1cc(C(=O)NC(CC)(CO)CO)sc1C. The molecule has 3 N–H and O–H groups in total. The minimum atomic E-state index is -0.931. The lowest BCUT2D eigenvalue weighted by atomic mass is 9.98. The van der Waals surface area contributed by atoms with Gasteiger partial charge in [-0.2, -0.15) is 0 Å². The fourth-order valence-electron chi connectivity index (χ4n) is 1.89. The van der Waals surface area contributed by atoms with Crippen molar-refractivity contribution in [2.75, 3.05) is 13.2 Å². The summed E-state index contributed by atoms with van der Waals surface area (Å²) in [6, 6.07) is 1.91. The molecule has 0 unspecified atom stereocenters. The summed E-state index contributed by atoms with van der Waals surface area (Å²) in [6.45, 7) is 5.42. The number of nitrogens with one attached hydrogen (secondary N) is 1. The molecule has 0 saturated carbocycles. The summed E-state index contributed by atoms with van der Waals surface area (Å²) >= 11 is 1.46. The van der Waals surface area contributed by atoms with Crippen LogP contribution < -0.4 is 5.32 Å². The van der Waals surface area contributed by atoms with Gasteiger partial charge in [-0.15, -0.1) is 11.3 Å². The third-order valence-electron chi connectivity index (χ3n) is 3.42. The van der Waals surface area contributed by atoms with Crippen LogP contribution >= 0.6 is 11.3 Å². The van der Waals surface area contributed by atoms with Crippen molar-refractivity contribution >= 4 is 17.2 Å². The quantitative estimate of drug-likeness (QED) is 0.716. The van der Waals surface area contributed by atoms with E-state index in [1.54, 1.807) is 0 Å². The van der Waals surface area contributed by atoms with E-state index >= 15 is 0 Å². The maximum atomic E-state index is 12.2. The van der Waals surface area contributed by atoms with Crippen molar-refractivity contribution in [2.45, 2.75) is 45.6 Å². The van der Waals surface area contributed by atoms with Gasteiger partial charge in [-0.1, -0.05) is 20.3 Å². The van der Waals surface area contributed by atoms with Crippen molar-refractivity contribution in [3.8, 4) is 0 Å². The number of aliphatic hydroxyl groups is 2. The van der Waals surface area contributed by atoms with Crippen molar-refractivity contribution in [3.05, 3.63) is 21.4 Å². The highest BCUT2D eigenvalue weighted by Gasteiger charge is 2.29. The van der Waals surface area contributed by atoms with Gasteiger partial charge >= 0.3 is 0 Å². The van der Waals surface area contributed by atoms with E-state index in [-0.39, 0.29) is 19.1 Å². The lowest BCUT2D eigenvalue weighted by Crippen LogP contribution is -2.53. The first kappa shape index (κ1) is 16.1. The van der Waals surface area contributed by atoms with Gasteiger partial charge in [-0.25, -0.2) is 0 Å². The van der Waals surface area contributed by atoms with Crippen LogP contribution in [0, 0.1) is 6.92 Å². The van der Waals surface area contributed by atoms with Crippen LogP contribution in [0.4, 0.5) is 0 Å². The van der Waals surface area contributed by atoms with E-state index in [4.69, 9.17) is 0 Å². The Morgan fingerprint density at radius 3 is 2.47 bits per heavy atom. The zero-order chi connectivity index (χ0) is 14.5. The Morgan fingerprint density at radius 1 is 1.37 bits per heavy atom. The van der Waals surface area contributed by atoms with Crippen molar-refractivity contribution in [1.29, 1.82) is 0 Å². The number of aliphatic hydroxyl groups excluding tert-OH is 2. The molecule has 1 aromatic heterocycles. The van der Waals surface area contributed by atoms with Crippen LogP contribution in [-0.4, -0.2) is 34.9 Å². The van der Waals surface area contributed by atoms with Crippen molar-refractivity contribution < 1.29 is 15.0 Å². The molecule has 0 aliphatic rings. The average molecular weight is 285 g/mol. The fourth-order valence-corrected chi connectivity index (χ4v) is 2.86. The molecule has 1 aromatic rings. The normalized spacial score (nSPS) is 11.6. The minimum absolute atomic E-state index is 0.222. The van der Waals surface area contributed by atoms with Gasteiger partial charge in [0, 0.05) is 4.88 Å². The zero-order valence-electron chi connectivity index (χ0n) is 11.8. The molecule has 0 fully saturated rings. The Morgan fingerprint density at radius 2 is 2.00 bits per heavy atom. The molecule has 0 aliphatic carbocycles.